The van der Waals surface area contributed by atoms with Crippen LogP contribution >= 0.6 is 0 Å². The number of likely N-dealkylation sites (tertiary alicyclic amines) is 1. The maximum atomic E-state index is 13.2. The van der Waals surface area contributed by atoms with Gasteiger partial charge in [0.05, 0.1) is 6.04 Å². The zero-order valence-corrected chi connectivity index (χ0v) is 11.6. The summed E-state index contributed by atoms with van der Waals surface area (Å²) in [5, 5.41) is 2.75. The van der Waals surface area contributed by atoms with Gasteiger partial charge < -0.3 is 10.2 Å². The molecule has 4 nitrogen and oxygen atoms in total. The van der Waals surface area contributed by atoms with Gasteiger partial charge in [0.25, 0.3) is 0 Å². The molecule has 108 valence electrons. The summed E-state index contributed by atoms with van der Waals surface area (Å²) in [6.45, 7) is 2.56. The van der Waals surface area contributed by atoms with Crippen molar-refractivity contribution in [2.24, 2.45) is 0 Å². The predicted octanol–water partition coefficient (Wildman–Crippen LogP) is 1.50. The molecule has 20 heavy (non-hydrogen) atoms. The number of carbonyl (C=O) groups excluding carboxylic acids is 2. The van der Waals surface area contributed by atoms with Crippen molar-refractivity contribution in [1.82, 2.24) is 10.2 Å². The second kappa shape index (κ2) is 6.50. The van der Waals surface area contributed by atoms with Crippen LogP contribution < -0.4 is 5.32 Å². The molecular formula is C15H19FN2O2. The summed E-state index contributed by atoms with van der Waals surface area (Å²) in [6.07, 6.45) is 1.95. The Morgan fingerprint density at radius 3 is 2.90 bits per heavy atom. The van der Waals surface area contributed by atoms with Crippen LogP contribution in [0.2, 0.25) is 0 Å². The molecule has 0 aromatic heterocycles. The van der Waals surface area contributed by atoms with Gasteiger partial charge in [0.1, 0.15) is 5.82 Å². The summed E-state index contributed by atoms with van der Waals surface area (Å²) >= 11 is 0. The van der Waals surface area contributed by atoms with Crippen molar-refractivity contribution in [3.05, 3.63) is 35.6 Å². The van der Waals surface area contributed by atoms with Crippen LogP contribution in [0, 0.1) is 5.82 Å². The molecule has 2 rings (SSSR count). The van der Waals surface area contributed by atoms with Gasteiger partial charge in [-0.25, -0.2) is 4.39 Å². The van der Waals surface area contributed by atoms with Crippen LogP contribution in [-0.2, 0) is 16.0 Å². The van der Waals surface area contributed by atoms with E-state index in [4.69, 9.17) is 0 Å². The first-order valence-corrected chi connectivity index (χ1v) is 6.84. The van der Waals surface area contributed by atoms with Crippen molar-refractivity contribution in [2.75, 3.05) is 13.1 Å². The van der Waals surface area contributed by atoms with E-state index in [1.165, 1.54) is 19.1 Å². The second-order valence-electron chi connectivity index (χ2n) is 5.12. The lowest BCUT2D eigenvalue weighted by Crippen LogP contribution is -2.45. The molecule has 1 saturated heterocycles. The van der Waals surface area contributed by atoms with E-state index in [0.29, 0.717) is 25.9 Å². The van der Waals surface area contributed by atoms with Gasteiger partial charge in [0, 0.05) is 26.4 Å². The lowest BCUT2D eigenvalue weighted by Gasteiger charge is -2.28. The highest BCUT2D eigenvalue weighted by Crippen LogP contribution is 2.17. The first-order valence-electron chi connectivity index (χ1n) is 6.84. The zero-order chi connectivity index (χ0) is 14.5. The third-order valence-corrected chi connectivity index (χ3v) is 3.50. The van der Waals surface area contributed by atoms with Crippen molar-refractivity contribution < 1.29 is 14.0 Å². The van der Waals surface area contributed by atoms with E-state index in [2.05, 4.69) is 5.32 Å². The minimum Gasteiger partial charge on any atom is -0.354 e. The Morgan fingerprint density at radius 1 is 1.50 bits per heavy atom. The summed E-state index contributed by atoms with van der Waals surface area (Å²) in [5.41, 5.74) is 0.833. The smallest absolute Gasteiger partial charge is 0.222 e. The highest BCUT2D eigenvalue weighted by atomic mass is 19.1. The summed E-state index contributed by atoms with van der Waals surface area (Å²) in [5.74, 6) is -0.300. The number of nitrogens with zero attached hydrogens (tertiary/aromatic N) is 1. The van der Waals surface area contributed by atoms with Crippen molar-refractivity contribution in [1.29, 1.82) is 0 Å². The predicted molar refractivity (Wildman–Crippen MR) is 73.5 cm³/mol. The third-order valence-electron chi connectivity index (χ3n) is 3.50. The first-order chi connectivity index (χ1) is 9.56. The highest BCUT2D eigenvalue weighted by Gasteiger charge is 2.28. The van der Waals surface area contributed by atoms with Crippen LogP contribution in [0.25, 0.3) is 0 Å². The van der Waals surface area contributed by atoms with Crippen LogP contribution in [0.3, 0.4) is 0 Å². The molecule has 2 amide bonds. The largest absolute Gasteiger partial charge is 0.354 e. The average molecular weight is 278 g/mol. The number of benzene rings is 1. The van der Waals surface area contributed by atoms with E-state index in [0.717, 1.165) is 12.0 Å². The third kappa shape index (κ3) is 3.79. The first kappa shape index (κ1) is 14.5. The minimum atomic E-state index is -0.284. The lowest BCUT2D eigenvalue weighted by atomic mass is 10.0. The van der Waals surface area contributed by atoms with Gasteiger partial charge in [-0.1, -0.05) is 12.1 Å². The highest BCUT2D eigenvalue weighted by molar-refractivity contribution is 5.78. The maximum absolute atomic E-state index is 13.2. The zero-order valence-electron chi connectivity index (χ0n) is 11.6. The fourth-order valence-electron chi connectivity index (χ4n) is 2.55. The van der Waals surface area contributed by atoms with Gasteiger partial charge in [-0.15, -0.1) is 0 Å². The molecule has 5 heteroatoms. The Labute approximate surface area is 118 Å². The Morgan fingerprint density at radius 2 is 2.30 bits per heavy atom. The molecule has 1 fully saturated rings. The van der Waals surface area contributed by atoms with E-state index in [9.17, 15) is 14.0 Å². The van der Waals surface area contributed by atoms with E-state index >= 15 is 0 Å². The molecule has 0 spiro atoms. The lowest BCUT2D eigenvalue weighted by molar-refractivity contribution is -0.130. The molecule has 0 unspecified atom stereocenters. The number of hydrogen-bond donors (Lipinski definition) is 1. The maximum Gasteiger partial charge on any atom is 0.222 e. The molecule has 1 atom stereocenters. The van der Waals surface area contributed by atoms with Gasteiger partial charge in [-0.2, -0.15) is 0 Å². The Kier molecular flexibility index (Phi) is 4.71. The van der Waals surface area contributed by atoms with Crippen LogP contribution in [0.15, 0.2) is 24.3 Å². The van der Waals surface area contributed by atoms with Crippen molar-refractivity contribution in [3.63, 3.8) is 0 Å². The molecule has 1 heterocycles. The monoisotopic (exact) mass is 278 g/mol. The molecule has 1 N–H and O–H groups in total. The molecule has 1 aromatic carbocycles. The summed E-state index contributed by atoms with van der Waals surface area (Å²) < 4.78 is 13.2. The summed E-state index contributed by atoms with van der Waals surface area (Å²) in [6, 6.07) is 6.25. The summed E-state index contributed by atoms with van der Waals surface area (Å²) in [7, 11) is 0. The number of hydrogen-bond acceptors (Lipinski definition) is 2. The number of halogens is 1. The van der Waals surface area contributed by atoms with Crippen LogP contribution in [-0.4, -0.2) is 35.8 Å². The van der Waals surface area contributed by atoms with Gasteiger partial charge in [0.15, 0.2) is 0 Å². The van der Waals surface area contributed by atoms with Gasteiger partial charge in [0.2, 0.25) is 11.8 Å². The molecule has 1 aliphatic heterocycles. The van der Waals surface area contributed by atoms with E-state index in [1.54, 1.807) is 11.0 Å². The summed E-state index contributed by atoms with van der Waals surface area (Å²) in [4.78, 5) is 24.7. The SMILES string of the molecule is CC(=O)NC[C@H](Cc1cccc(F)c1)N1CCCC1=O. The van der Waals surface area contributed by atoms with Crippen molar-refractivity contribution in [3.8, 4) is 0 Å². The average Bonchev–Trinajstić information content (AvgIpc) is 2.80. The van der Waals surface area contributed by atoms with Crippen molar-refractivity contribution in [2.45, 2.75) is 32.2 Å². The molecule has 1 aliphatic rings. The topological polar surface area (TPSA) is 49.4 Å². The van der Waals surface area contributed by atoms with Crippen LogP contribution in [0.1, 0.15) is 25.3 Å². The number of amides is 2. The van der Waals surface area contributed by atoms with Crippen LogP contribution in [0.5, 0.6) is 0 Å². The Bertz CT molecular complexity index is 504. The van der Waals surface area contributed by atoms with E-state index in [-0.39, 0.29) is 23.7 Å². The minimum absolute atomic E-state index is 0.108. The number of carbonyl (C=O) groups is 2. The number of rotatable bonds is 5. The Hall–Kier alpha value is -1.91. The molecule has 1 aromatic rings. The molecule has 0 radical (unpaired) electrons. The van der Waals surface area contributed by atoms with Gasteiger partial charge in [-0.3, -0.25) is 9.59 Å². The van der Waals surface area contributed by atoms with E-state index < -0.39 is 0 Å². The molecule has 0 bridgehead atoms. The fourth-order valence-corrected chi connectivity index (χ4v) is 2.55. The second-order valence-corrected chi connectivity index (χ2v) is 5.12. The van der Waals surface area contributed by atoms with Gasteiger partial charge in [-0.05, 0) is 30.5 Å². The van der Waals surface area contributed by atoms with Crippen LogP contribution in [0.4, 0.5) is 4.39 Å². The number of nitrogens with one attached hydrogen (secondary N) is 1. The van der Waals surface area contributed by atoms with E-state index in [1.807, 2.05) is 6.07 Å². The molecular weight excluding hydrogens is 259 g/mol. The quantitative estimate of drug-likeness (QED) is 0.887. The standard InChI is InChI=1S/C15H19FN2O2/c1-11(19)17-10-14(18-7-3-6-15(18)20)9-12-4-2-5-13(16)8-12/h2,4-5,8,14H,3,6-7,9-10H2,1H3,(H,17,19)/t14-/m0/s1. The van der Waals surface area contributed by atoms with Gasteiger partial charge >= 0.3 is 0 Å². The molecule has 0 saturated carbocycles. The molecule has 0 aliphatic carbocycles. The van der Waals surface area contributed by atoms with Crippen molar-refractivity contribution >= 4 is 11.8 Å². The Balaban J connectivity index is 2.09. The fraction of sp³-hybridized carbons (Fsp3) is 0.467. The normalized spacial score (nSPS) is 16.3.